The van der Waals surface area contributed by atoms with Gasteiger partial charge >= 0.3 is 6.03 Å². The van der Waals surface area contributed by atoms with Crippen LogP contribution in [0.25, 0.3) is 0 Å². The van der Waals surface area contributed by atoms with Crippen LogP contribution in [0.5, 0.6) is 0 Å². The van der Waals surface area contributed by atoms with Crippen LogP contribution in [0, 0.1) is 5.82 Å². The number of hydrogen-bond donors (Lipinski definition) is 3. The number of carbonyl (C=O) groups is 1. The SMILES string of the molecule is C[C@@H](NC(=O)N[C@H]1CCCc2cn[nH]c21)c1ccncc1F. The summed E-state index contributed by atoms with van der Waals surface area (Å²) in [6, 6.07) is 0.721. The highest BCUT2D eigenvalue weighted by atomic mass is 19.1. The first kappa shape index (κ1) is 14.5. The summed E-state index contributed by atoms with van der Waals surface area (Å²) < 4.78 is 13.7. The molecule has 0 spiro atoms. The van der Waals surface area contributed by atoms with E-state index in [0.717, 1.165) is 36.7 Å². The van der Waals surface area contributed by atoms with E-state index in [1.54, 1.807) is 19.2 Å². The average molecular weight is 303 g/mol. The Kier molecular flexibility index (Phi) is 4.04. The first-order valence-electron chi connectivity index (χ1n) is 7.33. The molecule has 0 fully saturated rings. The van der Waals surface area contributed by atoms with Gasteiger partial charge in [-0.1, -0.05) is 0 Å². The number of rotatable bonds is 3. The summed E-state index contributed by atoms with van der Waals surface area (Å²) in [7, 11) is 0. The molecule has 1 aliphatic carbocycles. The van der Waals surface area contributed by atoms with E-state index in [1.165, 1.54) is 6.20 Å². The summed E-state index contributed by atoms with van der Waals surface area (Å²) in [5, 5.41) is 12.7. The second kappa shape index (κ2) is 6.13. The predicted molar refractivity (Wildman–Crippen MR) is 78.5 cm³/mol. The molecule has 6 nitrogen and oxygen atoms in total. The van der Waals surface area contributed by atoms with Crippen LogP contribution in [0.4, 0.5) is 9.18 Å². The normalized spacial score (nSPS) is 18.4. The highest BCUT2D eigenvalue weighted by Gasteiger charge is 2.24. The van der Waals surface area contributed by atoms with Gasteiger partial charge in [0, 0.05) is 11.8 Å². The van der Waals surface area contributed by atoms with Gasteiger partial charge in [-0.05, 0) is 37.8 Å². The Bertz CT molecular complexity index is 671. The third-order valence-electron chi connectivity index (χ3n) is 3.96. The van der Waals surface area contributed by atoms with E-state index in [-0.39, 0.29) is 12.1 Å². The Morgan fingerprint density at radius 3 is 3.18 bits per heavy atom. The lowest BCUT2D eigenvalue weighted by Gasteiger charge is -2.24. The fourth-order valence-electron chi connectivity index (χ4n) is 2.82. The number of halogens is 1. The van der Waals surface area contributed by atoms with Gasteiger partial charge in [0.05, 0.1) is 30.2 Å². The van der Waals surface area contributed by atoms with Crippen molar-refractivity contribution in [1.82, 2.24) is 25.8 Å². The third-order valence-corrected chi connectivity index (χ3v) is 3.96. The minimum absolute atomic E-state index is 0.0827. The van der Waals surface area contributed by atoms with Crippen molar-refractivity contribution in [2.75, 3.05) is 0 Å². The molecule has 0 unspecified atom stereocenters. The molecule has 3 N–H and O–H groups in total. The number of fused-ring (bicyclic) bond motifs is 1. The van der Waals surface area contributed by atoms with Gasteiger partial charge in [0.1, 0.15) is 5.82 Å². The Balaban J connectivity index is 1.63. The fraction of sp³-hybridized carbons (Fsp3) is 0.400. The Morgan fingerprint density at radius 1 is 1.50 bits per heavy atom. The summed E-state index contributed by atoms with van der Waals surface area (Å²) in [5.41, 5.74) is 2.52. The Hall–Kier alpha value is -2.44. The minimum Gasteiger partial charge on any atom is -0.332 e. The summed E-state index contributed by atoms with van der Waals surface area (Å²) >= 11 is 0. The summed E-state index contributed by atoms with van der Waals surface area (Å²) in [6.45, 7) is 1.74. The van der Waals surface area contributed by atoms with Crippen molar-refractivity contribution in [3.63, 3.8) is 0 Å². The molecule has 0 aromatic carbocycles. The molecule has 22 heavy (non-hydrogen) atoms. The van der Waals surface area contributed by atoms with E-state index in [1.807, 2.05) is 0 Å². The summed E-state index contributed by atoms with van der Waals surface area (Å²) in [4.78, 5) is 15.8. The molecule has 0 bridgehead atoms. The highest BCUT2D eigenvalue weighted by Crippen LogP contribution is 2.27. The molecule has 2 aromatic heterocycles. The number of aromatic nitrogens is 3. The third kappa shape index (κ3) is 2.93. The molecular formula is C15H18FN5O. The zero-order chi connectivity index (χ0) is 15.5. The zero-order valence-electron chi connectivity index (χ0n) is 12.3. The number of nitrogens with one attached hydrogen (secondary N) is 3. The smallest absolute Gasteiger partial charge is 0.315 e. The highest BCUT2D eigenvalue weighted by molar-refractivity contribution is 5.75. The van der Waals surface area contributed by atoms with Crippen LogP contribution in [0.3, 0.4) is 0 Å². The lowest BCUT2D eigenvalue weighted by molar-refractivity contribution is 0.232. The van der Waals surface area contributed by atoms with Crippen molar-refractivity contribution in [3.8, 4) is 0 Å². The summed E-state index contributed by atoms with van der Waals surface area (Å²) in [6.07, 6.45) is 7.29. The largest absolute Gasteiger partial charge is 0.332 e. The predicted octanol–water partition coefficient (Wildman–Crippen LogP) is 2.38. The number of nitrogens with zero attached hydrogens (tertiary/aromatic N) is 2. The van der Waals surface area contributed by atoms with Crippen molar-refractivity contribution in [3.05, 3.63) is 47.3 Å². The van der Waals surface area contributed by atoms with E-state index in [0.29, 0.717) is 5.56 Å². The molecule has 2 amide bonds. The molecule has 0 saturated heterocycles. The maximum atomic E-state index is 13.7. The van der Waals surface area contributed by atoms with Crippen LogP contribution < -0.4 is 10.6 Å². The van der Waals surface area contributed by atoms with Gasteiger partial charge in [-0.15, -0.1) is 0 Å². The number of aromatic amines is 1. The van der Waals surface area contributed by atoms with Crippen molar-refractivity contribution < 1.29 is 9.18 Å². The molecule has 2 atom stereocenters. The van der Waals surface area contributed by atoms with Crippen molar-refractivity contribution in [2.45, 2.75) is 38.3 Å². The summed E-state index contributed by atoms with van der Waals surface area (Å²) in [5.74, 6) is -0.427. The molecule has 0 aliphatic heterocycles. The number of amides is 2. The van der Waals surface area contributed by atoms with Gasteiger partial charge in [-0.25, -0.2) is 9.18 Å². The molecule has 0 saturated carbocycles. The van der Waals surface area contributed by atoms with Crippen LogP contribution in [0.1, 0.15) is 48.7 Å². The first-order chi connectivity index (χ1) is 10.6. The van der Waals surface area contributed by atoms with Gasteiger partial charge in [0.2, 0.25) is 0 Å². The Morgan fingerprint density at radius 2 is 2.36 bits per heavy atom. The topological polar surface area (TPSA) is 82.7 Å². The molecule has 2 heterocycles. The second-order valence-corrected chi connectivity index (χ2v) is 5.49. The average Bonchev–Trinajstić information content (AvgIpc) is 2.97. The second-order valence-electron chi connectivity index (χ2n) is 5.49. The number of aryl methyl sites for hydroxylation is 1. The molecule has 2 aromatic rings. The molecule has 0 radical (unpaired) electrons. The van der Waals surface area contributed by atoms with Gasteiger partial charge in [0.25, 0.3) is 0 Å². The van der Waals surface area contributed by atoms with Gasteiger partial charge in [0.15, 0.2) is 0 Å². The van der Waals surface area contributed by atoms with Crippen molar-refractivity contribution >= 4 is 6.03 Å². The zero-order valence-corrected chi connectivity index (χ0v) is 12.3. The van der Waals surface area contributed by atoms with Crippen LogP contribution >= 0.6 is 0 Å². The van der Waals surface area contributed by atoms with Gasteiger partial charge in [-0.2, -0.15) is 5.10 Å². The quantitative estimate of drug-likeness (QED) is 0.814. The van der Waals surface area contributed by atoms with Crippen LogP contribution in [-0.2, 0) is 6.42 Å². The van der Waals surface area contributed by atoms with Crippen LogP contribution in [0.15, 0.2) is 24.7 Å². The van der Waals surface area contributed by atoms with E-state index in [4.69, 9.17) is 0 Å². The van der Waals surface area contributed by atoms with E-state index in [2.05, 4.69) is 25.8 Å². The number of H-pyrrole nitrogens is 1. The van der Waals surface area contributed by atoms with Gasteiger partial charge in [-0.3, -0.25) is 10.1 Å². The van der Waals surface area contributed by atoms with Crippen LogP contribution in [-0.4, -0.2) is 21.2 Å². The molecule has 7 heteroatoms. The number of pyridine rings is 1. The first-order valence-corrected chi connectivity index (χ1v) is 7.33. The molecule has 1 aliphatic rings. The van der Waals surface area contributed by atoms with Crippen LogP contribution in [0.2, 0.25) is 0 Å². The van der Waals surface area contributed by atoms with Crippen molar-refractivity contribution in [2.24, 2.45) is 0 Å². The molecule has 116 valence electrons. The lowest BCUT2D eigenvalue weighted by atomic mass is 9.94. The molecule has 3 rings (SSSR count). The van der Waals surface area contributed by atoms with Gasteiger partial charge < -0.3 is 10.6 Å². The minimum atomic E-state index is -0.437. The fourth-order valence-corrected chi connectivity index (χ4v) is 2.82. The lowest BCUT2D eigenvalue weighted by Crippen LogP contribution is -2.40. The maximum absolute atomic E-state index is 13.7. The molecular weight excluding hydrogens is 285 g/mol. The Labute approximate surface area is 127 Å². The number of urea groups is 1. The monoisotopic (exact) mass is 303 g/mol. The number of hydrogen-bond acceptors (Lipinski definition) is 3. The maximum Gasteiger partial charge on any atom is 0.315 e. The van der Waals surface area contributed by atoms with E-state index >= 15 is 0 Å². The van der Waals surface area contributed by atoms with E-state index in [9.17, 15) is 9.18 Å². The van der Waals surface area contributed by atoms with E-state index < -0.39 is 11.9 Å². The standard InChI is InChI=1S/C15H18FN5O/c1-9(11-5-6-17-8-12(11)16)19-15(22)20-13-4-2-3-10-7-18-21-14(10)13/h5-9,13H,2-4H2,1H3,(H,18,21)(H2,19,20,22)/t9-,13+/m1/s1. The number of carbonyl (C=O) groups excluding carboxylic acids is 1. The van der Waals surface area contributed by atoms with Crippen molar-refractivity contribution in [1.29, 1.82) is 0 Å².